The topological polar surface area (TPSA) is 35.2 Å². The molecule has 0 saturated heterocycles. The van der Waals surface area contributed by atoms with E-state index in [4.69, 9.17) is 10.5 Å². The van der Waals surface area contributed by atoms with Crippen molar-refractivity contribution in [2.45, 2.75) is 65.0 Å². The summed E-state index contributed by atoms with van der Waals surface area (Å²) in [6.45, 7) is 11.0. The van der Waals surface area contributed by atoms with E-state index in [9.17, 15) is 0 Å². The fourth-order valence-electron chi connectivity index (χ4n) is 2.59. The van der Waals surface area contributed by atoms with Crippen molar-refractivity contribution in [2.24, 2.45) is 5.73 Å². The molecular weight excluding hydrogens is 222 g/mol. The van der Waals surface area contributed by atoms with Gasteiger partial charge in [0.05, 0.1) is 6.04 Å². The second kappa shape index (κ2) is 4.58. The van der Waals surface area contributed by atoms with Crippen molar-refractivity contribution < 1.29 is 4.74 Å². The van der Waals surface area contributed by atoms with Gasteiger partial charge in [-0.15, -0.1) is 0 Å². The van der Waals surface area contributed by atoms with Gasteiger partial charge in [0.15, 0.2) is 0 Å². The maximum atomic E-state index is 6.33. The van der Waals surface area contributed by atoms with Gasteiger partial charge in [-0.25, -0.2) is 0 Å². The number of hydrogen-bond donors (Lipinski definition) is 1. The summed E-state index contributed by atoms with van der Waals surface area (Å²) in [5.74, 6) is 1.02. The lowest BCUT2D eigenvalue weighted by Gasteiger charge is -2.21. The second-order valence-electron chi connectivity index (χ2n) is 6.43. The Hall–Kier alpha value is -1.02. The highest BCUT2D eigenvalue weighted by atomic mass is 16.5. The molecule has 1 aromatic carbocycles. The normalized spacial score (nSPS) is 22.8. The van der Waals surface area contributed by atoms with Crippen LogP contribution in [-0.2, 0) is 5.41 Å². The Kier molecular flexibility index (Phi) is 3.41. The Morgan fingerprint density at radius 1 is 1.28 bits per heavy atom. The lowest BCUT2D eigenvalue weighted by molar-refractivity contribution is 0.194. The second-order valence-corrected chi connectivity index (χ2v) is 6.43. The molecule has 1 heterocycles. The molecule has 0 amide bonds. The Balaban J connectivity index is 2.42. The van der Waals surface area contributed by atoms with Gasteiger partial charge in [-0.2, -0.15) is 0 Å². The summed E-state index contributed by atoms with van der Waals surface area (Å²) in [5, 5.41) is 0. The Morgan fingerprint density at radius 2 is 1.94 bits per heavy atom. The van der Waals surface area contributed by atoms with Crippen LogP contribution in [0.1, 0.15) is 63.3 Å². The summed E-state index contributed by atoms with van der Waals surface area (Å²) in [5.41, 5.74) is 10.2. The highest BCUT2D eigenvalue weighted by Crippen LogP contribution is 2.41. The van der Waals surface area contributed by atoms with Crippen LogP contribution >= 0.6 is 0 Å². The van der Waals surface area contributed by atoms with Crippen LogP contribution in [-0.4, -0.2) is 6.10 Å². The van der Waals surface area contributed by atoms with Crippen molar-refractivity contribution in [1.29, 1.82) is 0 Å². The number of ether oxygens (including phenoxy) is 1. The lowest BCUT2D eigenvalue weighted by atomic mass is 9.84. The predicted molar refractivity (Wildman–Crippen MR) is 76.1 cm³/mol. The van der Waals surface area contributed by atoms with Gasteiger partial charge in [-0.05, 0) is 36.0 Å². The Bertz CT molecular complexity index is 445. The van der Waals surface area contributed by atoms with E-state index in [1.807, 2.05) is 0 Å². The standard InChI is InChI=1S/C16H25NO/c1-6-7-13-14(17)12-9-11(16(3,4)5)8-10(2)15(12)18-13/h8-9,13-14H,6-7,17H2,1-5H3. The quantitative estimate of drug-likeness (QED) is 0.861. The van der Waals surface area contributed by atoms with Crippen molar-refractivity contribution in [1.82, 2.24) is 0 Å². The van der Waals surface area contributed by atoms with Crippen molar-refractivity contribution in [3.05, 3.63) is 28.8 Å². The summed E-state index contributed by atoms with van der Waals surface area (Å²) in [7, 11) is 0. The molecule has 2 atom stereocenters. The molecule has 0 radical (unpaired) electrons. The summed E-state index contributed by atoms with van der Waals surface area (Å²) < 4.78 is 6.03. The summed E-state index contributed by atoms with van der Waals surface area (Å²) >= 11 is 0. The van der Waals surface area contributed by atoms with Crippen molar-refractivity contribution >= 4 is 0 Å². The fraction of sp³-hybridized carbons (Fsp3) is 0.625. The molecule has 1 aliphatic heterocycles. The van der Waals surface area contributed by atoms with Gasteiger partial charge in [-0.1, -0.05) is 40.2 Å². The van der Waals surface area contributed by atoms with Gasteiger partial charge in [0.1, 0.15) is 11.9 Å². The average Bonchev–Trinajstić information content (AvgIpc) is 2.57. The van der Waals surface area contributed by atoms with Crippen LogP contribution in [0.5, 0.6) is 5.75 Å². The van der Waals surface area contributed by atoms with Crippen molar-refractivity contribution in [3.8, 4) is 5.75 Å². The molecule has 0 fully saturated rings. The number of aryl methyl sites for hydroxylation is 1. The molecule has 18 heavy (non-hydrogen) atoms. The van der Waals surface area contributed by atoms with E-state index in [-0.39, 0.29) is 17.6 Å². The van der Waals surface area contributed by atoms with E-state index in [1.54, 1.807) is 0 Å². The molecule has 0 bridgehead atoms. The molecule has 2 rings (SSSR count). The van der Waals surface area contributed by atoms with Gasteiger partial charge >= 0.3 is 0 Å². The van der Waals surface area contributed by atoms with E-state index in [2.05, 4.69) is 46.8 Å². The number of hydrogen-bond acceptors (Lipinski definition) is 2. The zero-order chi connectivity index (χ0) is 13.5. The molecule has 0 spiro atoms. The van der Waals surface area contributed by atoms with E-state index >= 15 is 0 Å². The van der Waals surface area contributed by atoms with Crippen LogP contribution in [0, 0.1) is 6.92 Å². The van der Waals surface area contributed by atoms with Crippen LogP contribution in [0.15, 0.2) is 12.1 Å². The molecule has 2 N–H and O–H groups in total. The van der Waals surface area contributed by atoms with Crippen LogP contribution < -0.4 is 10.5 Å². The average molecular weight is 247 g/mol. The van der Waals surface area contributed by atoms with E-state index in [0.717, 1.165) is 18.6 Å². The monoisotopic (exact) mass is 247 g/mol. The SMILES string of the molecule is CCCC1Oc2c(C)cc(C(C)(C)C)cc2C1N. The molecule has 0 saturated carbocycles. The first-order chi connectivity index (χ1) is 8.34. The molecule has 2 unspecified atom stereocenters. The largest absolute Gasteiger partial charge is 0.488 e. The first-order valence-electron chi connectivity index (χ1n) is 6.92. The maximum absolute atomic E-state index is 6.33. The van der Waals surface area contributed by atoms with Gasteiger partial charge in [-0.3, -0.25) is 0 Å². The molecule has 0 aliphatic carbocycles. The number of fused-ring (bicyclic) bond motifs is 1. The Morgan fingerprint density at radius 3 is 2.50 bits per heavy atom. The van der Waals surface area contributed by atoms with E-state index in [1.165, 1.54) is 16.7 Å². The van der Waals surface area contributed by atoms with Crippen LogP contribution in [0.25, 0.3) is 0 Å². The first-order valence-corrected chi connectivity index (χ1v) is 6.92. The minimum Gasteiger partial charge on any atom is -0.488 e. The van der Waals surface area contributed by atoms with Crippen LogP contribution in [0.3, 0.4) is 0 Å². The zero-order valence-corrected chi connectivity index (χ0v) is 12.2. The third-order valence-electron chi connectivity index (χ3n) is 3.77. The smallest absolute Gasteiger partial charge is 0.127 e. The van der Waals surface area contributed by atoms with E-state index in [0.29, 0.717) is 0 Å². The Labute approximate surface area is 111 Å². The summed E-state index contributed by atoms with van der Waals surface area (Å²) in [4.78, 5) is 0. The van der Waals surface area contributed by atoms with Crippen molar-refractivity contribution in [2.75, 3.05) is 0 Å². The van der Waals surface area contributed by atoms with Gasteiger partial charge < -0.3 is 10.5 Å². The third kappa shape index (κ3) is 2.26. The van der Waals surface area contributed by atoms with E-state index < -0.39 is 0 Å². The lowest BCUT2D eigenvalue weighted by Crippen LogP contribution is -2.25. The molecule has 0 aromatic heterocycles. The minimum absolute atomic E-state index is 0.0287. The highest BCUT2D eigenvalue weighted by molar-refractivity contribution is 5.50. The molecule has 100 valence electrons. The number of rotatable bonds is 2. The van der Waals surface area contributed by atoms with Crippen LogP contribution in [0.4, 0.5) is 0 Å². The maximum Gasteiger partial charge on any atom is 0.127 e. The minimum atomic E-state index is 0.0287. The molecular formula is C16H25NO. The van der Waals surface area contributed by atoms with Crippen molar-refractivity contribution in [3.63, 3.8) is 0 Å². The number of nitrogens with two attached hydrogens (primary N) is 1. The molecule has 2 heteroatoms. The molecule has 1 aliphatic rings. The highest BCUT2D eigenvalue weighted by Gasteiger charge is 2.33. The molecule has 1 aromatic rings. The zero-order valence-electron chi connectivity index (χ0n) is 12.2. The summed E-state index contributed by atoms with van der Waals surface area (Å²) in [6, 6.07) is 4.50. The number of benzene rings is 1. The van der Waals surface area contributed by atoms with Gasteiger partial charge in [0.2, 0.25) is 0 Å². The first kappa shape index (κ1) is 13.4. The van der Waals surface area contributed by atoms with Gasteiger partial charge in [0.25, 0.3) is 0 Å². The predicted octanol–water partition coefficient (Wildman–Crippen LogP) is 3.85. The summed E-state index contributed by atoms with van der Waals surface area (Å²) in [6.07, 6.45) is 2.29. The van der Waals surface area contributed by atoms with Crippen LogP contribution in [0.2, 0.25) is 0 Å². The molecule has 2 nitrogen and oxygen atoms in total. The fourth-order valence-corrected chi connectivity index (χ4v) is 2.59. The third-order valence-corrected chi connectivity index (χ3v) is 3.77. The van der Waals surface area contributed by atoms with Gasteiger partial charge in [0, 0.05) is 5.56 Å².